The number of nitrogens with zero attached hydrogens (tertiary/aromatic N) is 3. The largest absolute Gasteiger partial charge is 0.368 e. The molecule has 0 radical (unpaired) electrons. The number of hydrogen-bond donors (Lipinski definition) is 1. The van der Waals surface area contributed by atoms with Gasteiger partial charge in [-0.3, -0.25) is 9.69 Å². The molecule has 1 aromatic carbocycles. The van der Waals surface area contributed by atoms with E-state index >= 15 is 0 Å². The predicted molar refractivity (Wildman–Crippen MR) is 92.5 cm³/mol. The minimum atomic E-state index is -0.337. The Bertz CT molecular complexity index is 724. The third-order valence-electron chi connectivity index (χ3n) is 5.40. The van der Waals surface area contributed by atoms with Gasteiger partial charge in [-0.05, 0) is 37.7 Å². The summed E-state index contributed by atoms with van der Waals surface area (Å²) in [5.41, 5.74) is 9.39. The number of aryl methyl sites for hydroxylation is 1. The fourth-order valence-electron chi connectivity index (χ4n) is 4.23. The number of fused-ring (bicyclic) bond motifs is 1. The Kier molecular flexibility index (Phi) is 4.10. The second-order valence-electron chi connectivity index (χ2n) is 6.91. The van der Waals surface area contributed by atoms with Crippen LogP contribution in [0.15, 0.2) is 36.7 Å². The molecule has 1 aromatic heterocycles. The molecule has 24 heavy (non-hydrogen) atoms. The van der Waals surface area contributed by atoms with Crippen molar-refractivity contribution in [3.8, 4) is 0 Å². The average molecular weight is 324 g/mol. The summed E-state index contributed by atoms with van der Waals surface area (Å²) in [7, 11) is 0. The Hall–Kier alpha value is -2.14. The van der Waals surface area contributed by atoms with E-state index in [0.29, 0.717) is 6.04 Å². The van der Waals surface area contributed by atoms with Crippen LogP contribution < -0.4 is 5.73 Å². The van der Waals surface area contributed by atoms with Gasteiger partial charge < -0.3 is 10.3 Å². The summed E-state index contributed by atoms with van der Waals surface area (Å²) in [6.07, 6.45) is 7.78. The quantitative estimate of drug-likeness (QED) is 0.938. The first-order chi connectivity index (χ1) is 11.7. The molecule has 5 nitrogen and oxygen atoms in total. The molecule has 1 aliphatic heterocycles. The third-order valence-corrected chi connectivity index (χ3v) is 5.40. The Morgan fingerprint density at radius 2 is 2.00 bits per heavy atom. The van der Waals surface area contributed by atoms with Gasteiger partial charge in [-0.25, -0.2) is 4.98 Å². The molecule has 2 N–H and O–H groups in total. The molecule has 0 bridgehead atoms. The smallest absolute Gasteiger partial charge is 0.239 e. The van der Waals surface area contributed by atoms with Crippen molar-refractivity contribution in [2.75, 3.05) is 13.1 Å². The zero-order valence-corrected chi connectivity index (χ0v) is 13.9. The number of imidazole rings is 1. The van der Waals surface area contributed by atoms with Crippen LogP contribution in [0.25, 0.3) is 0 Å². The van der Waals surface area contributed by atoms with Crippen molar-refractivity contribution in [2.45, 2.75) is 44.2 Å². The van der Waals surface area contributed by atoms with E-state index in [-0.39, 0.29) is 11.9 Å². The first-order valence-corrected chi connectivity index (χ1v) is 8.87. The minimum absolute atomic E-state index is 0.269. The predicted octanol–water partition coefficient (Wildman–Crippen LogP) is 2.24. The van der Waals surface area contributed by atoms with Crippen LogP contribution in [-0.2, 0) is 17.6 Å². The molecule has 4 rings (SSSR count). The van der Waals surface area contributed by atoms with Crippen molar-refractivity contribution in [1.82, 2.24) is 14.5 Å². The number of aromatic nitrogens is 2. The highest BCUT2D eigenvalue weighted by molar-refractivity contribution is 5.81. The lowest BCUT2D eigenvalue weighted by Gasteiger charge is -2.26. The van der Waals surface area contributed by atoms with Crippen LogP contribution in [0.3, 0.4) is 0 Å². The molecule has 0 spiro atoms. The molecule has 1 fully saturated rings. The Morgan fingerprint density at radius 3 is 2.79 bits per heavy atom. The highest BCUT2D eigenvalue weighted by Crippen LogP contribution is 2.32. The van der Waals surface area contributed by atoms with Crippen molar-refractivity contribution in [1.29, 1.82) is 0 Å². The van der Waals surface area contributed by atoms with Crippen LogP contribution in [-0.4, -0.2) is 33.4 Å². The second kappa shape index (κ2) is 6.40. The van der Waals surface area contributed by atoms with Crippen LogP contribution in [0.2, 0.25) is 0 Å². The summed E-state index contributed by atoms with van der Waals surface area (Å²) in [6.45, 7) is 1.74. The molecule has 2 atom stereocenters. The first-order valence-electron chi connectivity index (χ1n) is 8.87. The number of rotatable bonds is 4. The molecular formula is C19H24N4O. The summed E-state index contributed by atoms with van der Waals surface area (Å²) < 4.78 is 2.36. The maximum absolute atomic E-state index is 12.1. The number of likely N-dealkylation sites (tertiary alicyclic amines) is 1. The van der Waals surface area contributed by atoms with E-state index in [1.807, 2.05) is 36.7 Å². The van der Waals surface area contributed by atoms with E-state index in [1.165, 1.54) is 24.2 Å². The number of primary amides is 1. The van der Waals surface area contributed by atoms with Crippen molar-refractivity contribution >= 4 is 5.91 Å². The van der Waals surface area contributed by atoms with Gasteiger partial charge in [0, 0.05) is 24.8 Å². The van der Waals surface area contributed by atoms with E-state index < -0.39 is 0 Å². The molecule has 2 aliphatic rings. The maximum atomic E-state index is 12.1. The van der Waals surface area contributed by atoms with Crippen LogP contribution in [0.1, 0.15) is 48.3 Å². The highest BCUT2D eigenvalue weighted by atomic mass is 16.1. The minimum Gasteiger partial charge on any atom is -0.368 e. The fourth-order valence-corrected chi connectivity index (χ4v) is 4.23. The SMILES string of the molecule is NC(=O)[C@H](c1ccccc1)N1CC[C@@H](n2cnc3c2CCCC3)C1. The standard InChI is InChI=1S/C19H24N4O/c20-19(24)18(14-6-2-1-3-7-14)22-11-10-15(12-22)23-13-21-16-8-4-5-9-17(16)23/h1-3,6-7,13,15,18H,4-5,8-12H2,(H2,20,24)/t15-,18+/m1/s1. The number of amides is 1. The molecule has 1 aliphatic carbocycles. The van der Waals surface area contributed by atoms with E-state index in [1.54, 1.807) is 0 Å². The lowest BCUT2D eigenvalue weighted by atomic mass is 10.0. The zero-order chi connectivity index (χ0) is 16.5. The molecule has 0 unspecified atom stereocenters. The molecule has 1 saturated heterocycles. The van der Waals surface area contributed by atoms with E-state index in [4.69, 9.17) is 5.73 Å². The van der Waals surface area contributed by atoms with Crippen LogP contribution >= 0.6 is 0 Å². The van der Waals surface area contributed by atoms with Gasteiger partial charge in [0.15, 0.2) is 0 Å². The molecule has 2 heterocycles. The van der Waals surface area contributed by atoms with Crippen molar-refractivity contribution in [2.24, 2.45) is 5.73 Å². The van der Waals surface area contributed by atoms with Gasteiger partial charge in [-0.15, -0.1) is 0 Å². The topological polar surface area (TPSA) is 64.2 Å². The molecule has 5 heteroatoms. The van der Waals surface area contributed by atoms with E-state index in [9.17, 15) is 4.79 Å². The van der Waals surface area contributed by atoms with E-state index in [0.717, 1.165) is 37.9 Å². The zero-order valence-electron chi connectivity index (χ0n) is 13.9. The van der Waals surface area contributed by atoms with Gasteiger partial charge in [0.2, 0.25) is 5.91 Å². The number of carbonyl (C=O) groups is 1. The van der Waals surface area contributed by atoms with Gasteiger partial charge in [0.1, 0.15) is 6.04 Å². The van der Waals surface area contributed by atoms with Crippen molar-refractivity contribution in [3.63, 3.8) is 0 Å². The van der Waals surface area contributed by atoms with E-state index in [2.05, 4.69) is 14.5 Å². The Labute approximate surface area is 142 Å². The average Bonchev–Trinajstić information content (AvgIpc) is 3.22. The summed E-state index contributed by atoms with van der Waals surface area (Å²) in [6, 6.07) is 9.92. The number of benzene rings is 1. The van der Waals surface area contributed by atoms with Gasteiger partial charge in [-0.1, -0.05) is 30.3 Å². The van der Waals surface area contributed by atoms with Crippen molar-refractivity contribution in [3.05, 3.63) is 53.6 Å². The van der Waals surface area contributed by atoms with Gasteiger partial charge in [-0.2, -0.15) is 0 Å². The highest BCUT2D eigenvalue weighted by Gasteiger charge is 2.34. The summed E-state index contributed by atoms with van der Waals surface area (Å²) in [4.78, 5) is 18.9. The Morgan fingerprint density at radius 1 is 1.21 bits per heavy atom. The molecule has 126 valence electrons. The second-order valence-corrected chi connectivity index (χ2v) is 6.91. The lowest BCUT2D eigenvalue weighted by molar-refractivity contribution is -0.123. The Balaban J connectivity index is 1.55. The molecule has 1 amide bonds. The summed E-state index contributed by atoms with van der Waals surface area (Å²) >= 11 is 0. The molecule has 0 saturated carbocycles. The summed E-state index contributed by atoms with van der Waals surface area (Å²) in [5.74, 6) is -0.269. The van der Waals surface area contributed by atoms with Crippen LogP contribution in [0, 0.1) is 0 Å². The lowest BCUT2D eigenvalue weighted by Crippen LogP contribution is -2.36. The van der Waals surface area contributed by atoms with Gasteiger partial charge in [0.05, 0.1) is 12.0 Å². The molecule has 2 aromatic rings. The normalized spacial score (nSPS) is 22.2. The van der Waals surface area contributed by atoms with Crippen LogP contribution in [0.5, 0.6) is 0 Å². The number of nitrogens with two attached hydrogens (primary N) is 1. The van der Waals surface area contributed by atoms with Crippen molar-refractivity contribution < 1.29 is 4.79 Å². The van der Waals surface area contributed by atoms with Gasteiger partial charge in [0.25, 0.3) is 0 Å². The monoisotopic (exact) mass is 324 g/mol. The van der Waals surface area contributed by atoms with Gasteiger partial charge >= 0.3 is 0 Å². The number of hydrogen-bond acceptors (Lipinski definition) is 3. The third kappa shape index (κ3) is 2.73. The molecular weight excluding hydrogens is 300 g/mol. The first kappa shape index (κ1) is 15.4. The maximum Gasteiger partial charge on any atom is 0.239 e. The van der Waals surface area contributed by atoms with Crippen LogP contribution in [0.4, 0.5) is 0 Å². The fraction of sp³-hybridized carbons (Fsp3) is 0.474. The summed E-state index contributed by atoms with van der Waals surface area (Å²) in [5, 5.41) is 0. The number of carbonyl (C=O) groups excluding carboxylic acids is 1.